The van der Waals surface area contributed by atoms with E-state index in [9.17, 15) is 0 Å². The molecule has 0 rings (SSSR count). The molecule has 0 aromatic carbocycles. The van der Waals surface area contributed by atoms with E-state index in [0.29, 0.717) is 0 Å². The van der Waals surface area contributed by atoms with Crippen molar-refractivity contribution in [3.8, 4) is 0 Å². The average Bonchev–Trinajstić information content (AvgIpc) is 1.35. The molecular weight excluding hydrogens is 98.0 g/mol. The fourth-order valence-corrected chi connectivity index (χ4v) is 0. The second-order valence-corrected chi connectivity index (χ2v) is 2.47. The summed E-state index contributed by atoms with van der Waals surface area (Å²) >= 11 is 2.22. The zero-order chi connectivity index (χ0) is 5.21. The van der Waals surface area contributed by atoms with Crippen molar-refractivity contribution < 1.29 is 6.64 Å². The zero-order valence-electron chi connectivity index (χ0n) is 6.49. The van der Waals surface area contributed by atoms with Crippen LogP contribution in [0.2, 0.25) is 0 Å². The normalized spacial score (nSPS) is 10.4. The zero-order valence-corrected chi connectivity index (χ0v) is 5.64. The van der Waals surface area contributed by atoms with E-state index < -0.39 is 0 Å². The fourth-order valence-electron chi connectivity index (χ4n) is 0. The van der Waals surface area contributed by atoms with Gasteiger partial charge in [-0.15, -0.1) is 0 Å². The van der Waals surface area contributed by atoms with E-state index in [0.717, 1.165) is 0 Å². The summed E-state index contributed by atoms with van der Waals surface area (Å²) in [5.74, 6) is 0. The van der Waals surface area contributed by atoms with Crippen LogP contribution in [-0.2, 0) is 3.79 Å². The van der Waals surface area contributed by atoms with E-state index in [2.05, 4.69) is 16.6 Å². The van der Waals surface area contributed by atoms with Crippen molar-refractivity contribution in [2.75, 3.05) is 0 Å². The molecule has 0 aliphatic heterocycles. The van der Waals surface area contributed by atoms with Gasteiger partial charge in [0, 0.05) is 0 Å². The second-order valence-electron chi connectivity index (χ2n) is 2.23. The molecule has 38 valence electrons. The minimum atomic E-state index is 0. The first-order valence-electron chi connectivity index (χ1n) is 1.94. The van der Waals surface area contributed by atoms with Crippen molar-refractivity contribution in [3.63, 3.8) is 0 Å². The number of hydrogen-bond acceptors (Lipinski definition) is 1. The predicted molar refractivity (Wildman–Crippen MR) is 36.0 cm³/mol. The quantitative estimate of drug-likeness (QED) is 0.411. The molecule has 0 saturated carbocycles. The molecule has 0 aromatic heterocycles. The van der Waals surface area contributed by atoms with Crippen molar-refractivity contribution in [2.24, 2.45) is 0 Å². The molecule has 3 heteroatoms. The Balaban J connectivity index is -0.0000000417. The van der Waals surface area contributed by atoms with Crippen molar-refractivity contribution >= 4 is 35.5 Å². The first-order valence-corrected chi connectivity index (χ1v) is 2.41. The summed E-state index contributed by atoms with van der Waals surface area (Å²) in [7, 11) is 0. The van der Waals surface area contributed by atoms with Crippen LogP contribution in [0.3, 0.4) is 0 Å². The van der Waals surface area contributed by atoms with Crippen molar-refractivity contribution in [1.82, 2.24) is 0 Å². The molecule has 1 nitrogen and oxygen atoms in total. The van der Waals surface area contributed by atoms with Crippen LogP contribution in [0.1, 0.15) is 23.6 Å². The number of rotatable bonds is 0. The third-order valence-corrected chi connectivity index (χ3v) is 1.06. The van der Waals surface area contributed by atoms with Gasteiger partial charge in [0.15, 0.2) is 0 Å². The minimum absolute atomic E-state index is 0. The molecule has 0 spiro atoms. The van der Waals surface area contributed by atoms with Gasteiger partial charge in [0.2, 0.25) is 0 Å². The summed E-state index contributed by atoms with van der Waals surface area (Å²) in [6.07, 6.45) is 0. The summed E-state index contributed by atoms with van der Waals surface area (Å²) in [5.41, 5.74) is 0.00463. The van der Waals surface area contributed by atoms with Gasteiger partial charge in [0.05, 0.1) is 0 Å². The molecule has 0 bridgehead atoms. The standard InChI is InChI=1S/C4H9O.Al.Li.3H/c1-4(2,3)5;;;;;/h1-3H3;;;;;/q-1;+3;;;2*-1. The Hall–Kier alpha value is 1.09. The van der Waals surface area contributed by atoms with Crippen molar-refractivity contribution in [1.29, 1.82) is 0 Å². The van der Waals surface area contributed by atoms with Gasteiger partial charge >= 0.3 is 65.6 Å². The van der Waals surface area contributed by atoms with Crippen LogP contribution in [0.5, 0.6) is 0 Å². The van der Waals surface area contributed by atoms with Gasteiger partial charge in [-0.05, 0) is 0 Å². The van der Waals surface area contributed by atoms with Crippen molar-refractivity contribution in [2.45, 2.75) is 26.4 Å². The molecule has 0 radical (unpaired) electrons. The van der Waals surface area contributed by atoms with Crippen LogP contribution in [0, 0.1) is 0 Å². The topological polar surface area (TPSA) is 9.23 Å². The molecule has 0 aliphatic carbocycles. The molecule has 0 N–H and O–H groups in total. The second kappa shape index (κ2) is 4.02. The Morgan fingerprint density at radius 1 is 1.43 bits per heavy atom. The molecule has 0 aromatic rings. The molecule has 0 fully saturated rings. The summed E-state index contributed by atoms with van der Waals surface area (Å²) in [5, 5.41) is 0. The third-order valence-electron chi connectivity index (χ3n) is 0.354. The van der Waals surface area contributed by atoms with E-state index in [-0.39, 0.29) is 27.3 Å². The van der Waals surface area contributed by atoms with Gasteiger partial charge in [0.1, 0.15) is 0 Å². The maximum atomic E-state index is 4.85. The van der Waals surface area contributed by atoms with Crippen LogP contribution in [0.15, 0.2) is 0 Å². The Kier molecular flexibility index (Phi) is 6.29. The third kappa shape index (κ3) is 11.0. The summed E-state index contributed by atoms with van der Waals surface area (Å²) < 4.78 is 4.85. The Morgan fingerprint density at radius 3 is 1.57 bits per heavy atom. The van der Waals surface area contributed by atoms with Crippen LogP contribution in [0.4, 0.5) is 0 Å². The van der Waals surface area contributed by atoms with E-state index in [1.54, 1.807) is 0 Å². The van der Waals surface area contributed by atoms with Gasteiger partial charge in [-0.2, -0.15) is 0 Å². The van der Waals surface area contributed by atoms with Crippen LogP contribution in [-0.4, -0.2) is 41.1 Å². The summed E-state index contributed by atoms with van der Waals surface area (Å²) in [6.45, 7) is 6.00. The maximum absolute atomic E-state index is 4.85. The van der Waals surface area contributed by atoms with Gasteiger partial charge in [-0.1, -0.05) is 0 Å². The average molecular weight is 110 g/mol. The molecule has 0 amide bonds. The fraction of sp³-hybridized carbons (Fsp3) is 1.00. The van der Waals surface area contributed by atoms with Gasteiger partial charge < -0.3 is 2.85 Å². The van der Waals surface area contributed by atoms with Crippen LogP contribution >= 0.6 is 0 Å². The van der Waals surface area contributed by atoms with E-state index in [4.69, 9.17) is 3.79 Å². The predicted octanol–water partition coefficient (Wildman–Crippen LogP) is 0.461. The van der Waals surface area contributed by atoms with E-state index in [1.807, 2.05) is 20.8 Å². The Labute approximate surface area is 68.7 Å². The molecular formula is C4H12AlLiO. The SMILES string of the molecule is CC(C)(C)[O][Al+2].[H-].[H-].[LiH]. The number of hydrogen-bond donors (Lipinski definition) is 0. The molecule has 0 aliphatic rings. The Bertz CT molecular complexity index is 48.3. The molecule has 0 heterocycles. The van der Waals surface area contributed by atoms with Gasteiger partial charge in [-0.3, -0.25) is 0 Å². The van der Waals surface area contributed by atoms with Crippen molar-refractivity contribution in [3.05, 3.63) is 0 Å². The molecule has 0 saturated heterocycles. The van der Waals surface area contributed by atoms with E-state index >= 15 is 0 Å². The molecule has 0 unspecified atom stereocenters. The monoisotopic (exact) mass is 110 g/mol. The van der Waals surface area contributed by atoms with Gasteiger partial charge in [0.25, 0.3) is 0 Å². The first kappa shape index (κ1) is 11.0. The molecule has 0 atom stereocenters. The summed E-state index contributed by atoms with van der Waals surface area (Å²) in [6, 6.07) is 0. The van der Waals surface area contributed by atoms with Crippen LogP contribution < -0.4 is 0 Å². The van der Waals surface area contributed by atoms with E-state index in [1.165, 1.54) is 0 Å². The van der Waals surface area contributed by atoms with Gasteiger partial charge in [-0.25, -0.2) is 0 Å². The van der Waals surface area contributed by atoms with Crippen LogP contribution in [0.25, 0.3) is 0 Å². The molecule has 7 heavy (non-hydrogen) atoms. The summed E-state index contributed by atoms with van der Waals surface area (Å²) in [4.78, 5) is 0. The first-order chi connectivity index (χ1) is 2.56. The Morgan fingerprint density at radius 2 is 1.57 bits per heavy atom.